The summed E-state index contributed by atoms with van der Waals surface area (Å²) in [5.74, 6) is 0.156. The molecule has 0 aromatic carbocycles. The van der Waals surface area contributed by atoms with E-state index in [1.807, 2.05) is 9.80 Å². The maximum absolute atomic E-state index is 12.6. The van der Waals surface area contributed by atoms with E-state index in [9.17, 15) is 9.59 Å². The second-order valence-electron chi connectivity index (χ2n) is 7.28. The first-order valence-electron chi connectivity index (χ1n) is 9.19. The largest absolute Gasteiger partial charge is 0.362 e. The predicted molar refractivity (Wildman–Crippen MR) is 89.8 cm³/mol. The van der Waals surface area contributed by atoms with Crippen molar-refractivity contribution in [2.24, 2.45) is 0 Å². The molecule has 134 valence electrons. The van der Waals surface area contributed by atoms with Crippen LogP contribution in [0.2, 0.25) is 0 Å². The van der Waals surface area contributed by atoms with Crippen LogP contribution in [0.15, 0.2) is 18.5 Å². The maximum atomic E-state index is 12.6. The van der Waals surface area contributed by atoms with Gasteiger partial charge in [-0.15, -0.1) is 0 Å². The zero-order valence-corrected chi connectivity index (χ0v) is 14.4. The van der Waals surface area contributed by atoms with Gasteiger partial charge in [-0.1, -0.05) is 0 Å². The molecule has 0 saturated carbocycles. The fourth-order valence-electron chi connectivity index (χ4n) is 4.21. The number of carbonyl (C=O) groups excluding carboxylic acids is 2. The Kier molecular flexibility index (Phi) is 4.41. The van der Waals surface area contributed by atoms with Crippen molar-refractivity contribution in [1.82, 2.24) is 20.0 Å². The first-order valence-corrected chi connectivity index (χ1v) is 9.19. The highest BCUT2D eigenvalue weighted by Crippen LogP contribution is 2.39. The number of likely N-dealkylation sites (tertiary alicyclic amines) is 2. The Morgan fingerprint density at radius 3 is 2.48 bits per heavy atom. The van der Waals surface area contributed by atoms with E-state index < -0.39 is 0 Å². The minimum absolute atomic E-state index is 0.00700. The van der Waals surface area contributed by atoms with E-state index in [-0.39, 0.29) is 23.5 Å². The molecule has 0 bridgehead atoms. The van der Waals surface area contributed by atoms with E-state index in [2.05, 4.69) is 10.2 Å². The quantitative estimate of drug-likeness (QED) is 0.807. The van der Waals surface area contributed by atoms with Crippen LogP contribution in [0.4, 0.5) is 0 Å². The van der Waals surface area contributed by atoms with Gasteiger partial charge in [-0.25, -0.2) is 0 Å². The molecule has 7 heteroatoms. The molecule has 1 atom stereocenters. The molecule has 1 aromatic heterocycles. The van der Waals surface area contributed by atoms with Crippen molar-refractivity contribution < 1.29 is 14.3 Å². The van der Waals surface area contributed by atoms with Crippen LogP contribution < -0.4 is 0 Å². The molecule has 3 aliphatic rings. The average molecular weight is 344 g/mol. The molecule has 25 heavy (non-hydrogen) atoms. The Morgan fingerprint density at radius 1 is 1.04 bits per heavy atom. The predicted octanol–water partition coefficient (Wildman–Crippen LogP) is 1.25. The second kappa shape index (κ2) is 6.71. The summed E-state index contributed by atoms with van der Waals surface area (Å²) in [6, 6.07) is 1.69. The summed E-state index contributed by atoms with van der Waals surface area (Å²) in [4.78, 5) is 28.9. The molecule has 1 aromatic rings. The fourth-order valence-corrected chi connectivity index (χ4v) is 4.21. The van der Waals surface area contributed by atoms with Crippen molar-refractivity contribution in [3.63, 3.8) is 0 Å². The van der Waals surface area contributed by atoms with Gasteiger partial charge in [0.2, 0.25) is 0 Å². The van der Waals surface area contributed by atoms with Gasteiger partial charge in [0, 0.05) is 26.2 Å². The van der Waals surface area contributed by atoms with Gasteiger partial charge in [-0.05, 0) is 44.6 Å². The maximum Gasteiger partial charge on any atom is 0.255 e. The third-order valence-electron chi connectivity index (χ3n) is 5.74. The molecule has 1 spiro atoms. The first kappa shape index (κ1) is 16.4. The lowest BCUT2D eigenvalue weighted by Gasteiger charge is -2.39. The zero-order valence-electron chi connectivity index (χ0n) is 14.4. The number of nitrogens with zero attached hydrogens (tertiary/aromatic N) is 4. The van der Waals surface area contributed by atoms with Crippen LogP contribution in [-0.4, -0.2) is 69.7 Å². The van der Waals surface area contributed by atoms with Crippen LogP contribution in [0.5, 0.6) is 0 Å². The molecule has 3 aliphatic heterocycles. The van der Waals surface area contributed by atoms with E-state index in [0.717, 1.165) is 51.6 Å². The molecule has 0 unspecified atom stereocenters. The van der Waals surface area contributed by atoms with Crippen LogP contribution in [0.1, 0.15) is 48.9 Å². The minimum Gasteiger partial charge on any atom is -0.362 e. The van der Waals surface area contributed by atoms with E-state index in [1.54, 1.807) is 6.07 Å². The number of aromatic nitrogens is 2. The van der Waals surface area contributed by atoms with Crippen molar-refractivity contribution in [3.8, 4) is 0 Å². The van der Waals surface area contributed by atoms with Crippen LogP contribution in [0.3, 0.4) is 0 Å². The number of hydrogen-bond acceptors (Lipinski definition) is 5. The summed E-state index contributed by atoms with van der Waals surface area (Å²) in [6.07, 6.45) is 8.26. The van der Waals surface area contributed by atoms with Crippen molar-refractivity contribution in [2.45, 2.75) is 50.2 Å². The smallest absolute Gasteiger partial charge is 0.255 e. The number of rotatable bonds is 2. The van der Waals surface area contributed by atoms with E-state index in [0.29, 0.717) is 18.7 Å². The topological polar surface area (TPSA) is 75.6 Å². The second-order valence-corrected chi connectivity index (χ2v) is 7.28. The molecular formula is C18H24N4O3. The molecule has 0 aliphatic carbocycles. The third kappa shape index (κ3) is 3.25. The van der Waals surface area contributed by atoms with E-state index in [4.69, 9.17) is 4.74 Å². The van der Waals surface area contributed by atoms with Crippen LogP contribution in [0, 0.1) is 0 Å². The highest BCUT2D eigenvalue weighted by atomic mass is 16.5. The van der Waals surface area contributed by atoms with E-state index >= 15 is 0 Å². The molecule has 4 heterocycles. The van der Waals surface area contributed by atoms with Gasteiger partial charge >= 0.3 is 0 Å². The van der Waals surface area contributed by atoms with Gasteiger partial charge in [0.25, 0.3) is 11.8 Å². The molecule has 4 rings (SSSR count). The van der Waals surface area contributed by atoms with Gasteiger partial charge in [0.15, 0.2) is 0 Å². The SMILES string of the molecule is O=C(c1ccnnc1)N1CCC2(CC[C@H](C(=O)N3CCCC3)O2)CC1. The molecular weight excluding hydrogens is 320 g/mol. The Morgan fingerprint density at radius 2 is 1.80 bits per heavy atom. The summed E-state index contributed by atoms with van der Waals surface area (Å²) < 4.78 is 6.25. The number of hydrogen-bond donors (Lipinski definition) is 0. The number of piperidine rings is 1. The van der Waals surface area contributed by atoms with Crippen LogP contribution in [0.25, 0.3) is 0 Å². The van der Waals surface area contributed by atoms with Crippen LogP contribution in [-0.2, 0) is 9.53 Å². The highest BCUT2D eigenvalue weighted by Gasteiger charge is 2.46. The van der Waals surface area contributed by atoms with Gasteiger partial charge in [0.05, 0.1) is 23.6 Å². The van der Waals surface area contributed by atoms with Gasteiger partial charge in [-0.3, -0.25) is 9.59 Å². The lowest BCUT2D eigenvalue weighted by Crippen LogP contribution is -2.47. The number of ether oxygens (including phenoxy) is 1. The summed E-state index contributed by atoms with van der Waals surface area (Å²) in [7, 11) is 0. The Labute approximate surface area is 147 Å². The molecule has 0 N–H and O–H groups in total. The summed E-state index contributed by atoms with van der Waals surface area (Å²) in [5, 5.41) is 7.49. The van der Waals surface area contributed by atoms with Crippen molar-refractivity contribution >= 4 is 11.8 Å². The van der Waals surface area contributed by atoms with Crippen LogP contribution >= 0.6 is 0 Å². The Balaban J connectivity index is 1.34. The number of amides is 2. The van der Waals surface area contributed by atoms with Gasteiger partial charge < -0.3 is 14.5 Å². The lowest BCUT2D eigenvalue weighted by molar-refractivity contribution is -0.149. The highest BCUT2D eigenvalue weighted by molar-refractivity contribution is 5.93. The minimum atomic E-state index is -0.287. The van der Waals surface area contributed by atoms with Crippen molar-refractivity contribution in [1.29, 1.82) is 0 Å². The standard InChI is InChI=1S/C18H24N4O3/c23-16(14-4-8-19-20-13-14)22-11-6-18(7-12-22)5-3-15(25-18)17(24)21-9-1-2-10-21/h4,8,13,15H,1-3,5-7,9-12H2/t15-/m1/s1. The molecule has 3 fully saturated rings. The van der Waals surface area contributed by atoms with Gasteiger partial charge in [-0.2, -0.15) is 10.2 Å². The Hall–Kier alpha value is -2.02. The fraction of sp³-hybridized carbons (Fsp3) is 0.667. The monoisotopic (exact) mass is 344 g/mol. The molecule has 3 saturated heterocycles. The third-order valence-corrected chi connectivity index (χ3v) is 5.74. The van der Waals surface area contributed by atoms with Gasteiger partial charge in [0.1, 0.15) is 6.10 Å². The lowest BCUT2D eigenvalue weighted by atomic mass is 9.88. The molecule has 7 nitrogen and oxygen atoms in total. The summed E-state index contributed by atoms with van der Waals surface area (Å²) in [6.45, 7) is 3.06. The first-order chi connectivity index (χ1) is 12.2. The van der Waals surface area contributed by atoms with Crippen molar-refractivity contribution in [3.05, 3.63) is 24.0 Å². The normalized spacial score (nSPS) is 25.5. The zero-order chi connectivity index (χ0) is 17.3. The molecule has 2 amide bonds. The molecule has 0 radical (unpaired) electrons. The van der Waals surface area contributed by atoms with Crippen molar-refractivity contribution in [2.75, 3.05) is 26.2 Å². The summed E-state index contributed by atoms with van der Waals surface area (Å²) in [5.41, 5.74) is 0.341. The Bertz CT molecular complexity index is 637. The summed E-state index contributed by atoms with van der Waals surface area (Å²) >= 11 is 0. The number of carbonyl (C=O) groups is 2. The average Bonchev–Trinajstić information content (AvgIpc) is 3.33. The van der Waals surface area contributed by atoms with E-state index in [1.165, 1.54) is 12.4 Å².